The molecule has 0 saturated carbocycles. The van der Waals surface area contributed by atoms with Gasteiger partial charge >= 0.3 is 60.8 Å². The van der Waals surface area contributed by atoms with Crippen LogP contribution in [0.15, 0.2) is 0 Å². The monoisotopic (exact) mass is 258 g/mol. The van der Waals surface area contributed by atoms with Crippen LogP contribution in [-0.4, -0.2) is 60.8 Å². The van der Waals surface area contributed by atoms with Gasteiger partial charge < -0.3 is 0 Å². The summed E-state index contributed by atoms with van der Waals surface area (Å²) in [5.41, 5.74) is 0. The van der Waals surface area contributed by atoms with Crippen molar-refractivity contribution in [3.63, 3.8) is 0 Å². The maximum absolute atomic E-state index is 0. The van der Waals surface area contributed by atoms with E-state index in [1.54, 1.807) is 0 Å². The van der Waals surface area contributed by atoms with Gasteiger partial charge in [-0.05, 0) is 0 Å². The smallest absolute Gasteiger partial charge is 0 e. The molecule has 0 aromatic heterocycles. The fourth-order valence-electron chi connectivity index (χ4n) is 0. The van der Waals surface area contributed by atoms with Crippen LogP contribution in [0.5, 0.6) is 0 Å². The summed E-state index contributed by atoms with van der Waals surface area (Å²) in [4.78, 5) is 0. The molecule has 7 heavy (non-hydrogen) atoms. The third-order valence-corrected chi connectivity index (χ3v) is 0. The molecule has 7 radical (unpaired) electrons. The zero-order valence-corrected chi connectivity index (χ0v) is 6.30. The number of nitrogens with zero attached hydrogens (tertiary/aromatic N) is 1. The topological polar surface area (TPSA) is 30.5 Å². The Bertz CT molecular complexity index is 19.7. The predicted octanol–water partition coefficient (Wildman–Crippen LogP) is -1.34. The third-order valence-electron chi connectivity index (χ3n) is 0. The van der Waals surface area contributed by atoms with Gasteiger partial charge in [0.05, 0.1) is 0 Å². The Morgan fingerprint density at radius 3 is 1.00 bits per heavy atom. The average molecular weight is 258 g/mol. The zero-order chi connectivity index (χ0) is 0. The van der Waals surface area contributed by atoms with Crippen molar-refractivity contribution < 1.29 is 34.1 Å². The maximum Gasteiger partial charge on any atom is 0.316 e. The Balaban J connectivity index is 0. The fourth-order valence-corrected chi connectivity index (χ4v) is 0. The molecule has 0 rings (SSSR count). The van der Waals surface area contributed by atoms with Crippen LogP contribution in [0.4, 0.5) is 0 Å². The van der Waals surface area contributed by atoms with E-state index in [1.165, 1.54) is 0 Å². The predicted molar refractivity (Wildman–Crippen MR) is 36.5 cm³/mol. The van der Waals surface area contributed by atoms with Crippen LogP contribution in [0.25, 0.3) is 0 Å². The molecule has 0 N–H and O–H groups in total. The summed E-state index contributed by atoms with van der Waals surface area (Å²) in [5.74, 6) is 0. The first-order valence-corrected chi connectivity index (χ1v) is 0. The number of hydrogen-bond acceptors (Lipinski definition) is 0. The summed E-state index contributed by atoms with van der Waals surface area (Å²) in [6.45, 7) is 0. The van der Waals surface area contributed by atoms with Crippen LogP contribution in [-0.2, 0) is 34.1 Å². The Labute approximate surface area is 122 Å². The van der Waals surface area contributed by atoms with Crippen molar-refractivity contribution in [1.82, 2.24) is 6.15 Å². The molecule has 0 aromatic carbocycles. The van der Waals surface area contributed by atoms with E-state index in [0.29, 0.717) is 0 Å². The van der Waals surface area contributed by atoms with E-state index >= 15 is 0 Å². The van der Waals surface area contributed by atoms with Gasteiger partial charge in [0.1, 0.15) is 0 Å². The molecule has 0 amide bonds. The Morgan fingerprint density at radius 1 is 1.00 bits per heavy atom. The molecule has 7 heteroatoms. The first-order chi connectivity index (χ1) is 0. The molecule has 0 bridgehead atoms. The normalized spacial score (nSPS) is 0. The molecular formula is H6CaFeMgMnNPS. The second-order valence-corrected chi connectivity index (χ2v) is 0. The van der Waals surface area contributed by atoms with E-state index in [0.717, 1.165) is 0 Å². The van der Waals surface area contributed by atoms with Crippen molar-refractivity contribution in [2.75, 3.05) is 0 Å². The van der Waals surface area contributed by atoms with E-state index in [9.17, 15) is 0 Å². The van der Waals surface area contributed by atoms with Gasteiger partial charge in [-0.1, -0.05) is 0 Å². The Morgan fingerprint density at radius 2 is 1.00 bits per heavy atom. The molecule has 0 fully saturated rings. The van der Waals surface area contributed by atoms with Gasteiger partial charge in [0.15, 0.2) is 0 Å². The molecular weight excluding hydrogens is 252 g/mol. The van der Waals surface area contributed by atoms with Gasteiger partial charge in [-0.15, -0.1) is 0 Å². The van der Waals surface area contributed by atoms with Crippen molar-refractivity contribution in [3.05, 3.63) is 0 Å². The van der Waals surface area contributed by atoms with Gasteiger partial charge in [0.25, 0.3) is 0 Å². The largest absolute Gasteiger partial charge is 0.316 e. The second kappa shape index (κ2) is 52.5. The minimum atomic E-state index is 0. The summed E-state index contributed by atoms with van der Waals surface area (Å²) < 4.78 is 0. The fraction of sp³-hybridized carbons (Fsp3) is 0. The molecule has 41 valence electrons. The van der Waals surface area contributed by atoms with E-state index in [1.807, 2.05) is 0 Å². The Hall–Kier alpha value is 3.80. The summed E-state index contributed by atoms with van der Waals surface area (Å²) in [6, 6.07) is 0. The van der Waals surface area contributed by atoms with Crippen LogP contribution < -0.4 is 6.15 Å². The second-order valence-electron chi connectivity index (χ2n) is 0. The summed E-state index contributed by atoms with van der Waals surface area (Å²) in [5, 5.41) is 0. The van der Waals surface area contributed by atoms with E-state index in [-0.39, 0.29) is 124 Å². The minimum absolute atomic E-state index is 0. The molecule has 0 aliphatic heterocycles. The average Bonchev–Trinajstić information content (AvgIpc) is 0. The van der Waals surface area contributed by atoms with Crippen LogP contribution in [0.1, 0.15) is 0 Å². The Kier molecular flexibility index (Phi) is 538. The van der Waals surface area contributed by atoms with Gasteiger partial charge in [0, 0.05) is 50.2 Å². The number of rotatable bonds is 0. The first-order valence-electron chi connectivity index (χ1n) is 0. The van der Waals surface area contributed by atoms with Crippen LogP contribution in [0.3, 0.4) is 0 Å². The molecule has 0 aromatic rings. The van der Waals surface area contributed by atoms with Crippen molar-refractivity contribution >= 4 is 84.2 Å². The molecule has 0 spiro atoms. The standard InChI is InChI=1S/Ca.Fe.Mg.Mn.N.P.H2S.4H/h;;;;;;1H2;;;;. The van der Waals surface area contributed by atoms with Crippen LogP contribution in [0.2, 0.25) is 0 Å². The zero-order valence-electron chi connectivity index (χ0n) is 2.13. The third kappa shape index (κ3) is 41.3. The summed E-state index contributed by atoms with van der Waals surface area (Å²) in [6.07, 6.45) is 0. The van der Waals surface area contributed by atoms with Gasteiger partial charge in [-0.3, -0.25) is 0 Å². The quantitative estimate of drug-likeness (QED) is 0.380. The van der Waals surface area contributed by atoms with Gasteiger partial charge in [-0.2, -0.15) is 13.5 Å². The van der Waals surface area contributed by atoms with Crippen molar-refractivity contribution in [2.24, 2.45) is 0 Å². The number of hydrogen-bond donors (Lipinski definition) is 0. The van der Waals surface area contributed by atoms with Gasteiger partial charge in [0.2, 0.25) is 0 Å². The SMILES string of the molecule is S.[CaH2].[Fe].[MgH2].[Mn].[N].[P]. The van der Waals surface area contributed by atoms with E-state index in [4.69, 9.17) is 0 Å². The van der Waals surface area contributed by atoms with E-state index in [2.05, 4.69) is 0 Å². The summed E-state index contributed by atoms with van der Waals surface area (Å²) >= 11 is 0. The van der Waals surface area contributed by atoms with Crippen molar-refractivity contribution in [1.29, 1.82) is 0 Å². The minimum Gasteiger partial charge on any atom is 0 e. The van der Waals surface area contributed by atoms with Crippen molar-refractivity contribution in [2.45, 2.75) is 0 Å². The molecule has 0 aliphatic carbocycles. The first kappa shape index (κ1) is 71.7. The van der Waals surface area contributed by atoms with Crippen molar-refractivity contribution in [3.8, 4) is 0 Å². The van der Waals surface area contributed by atoms with Crippen LogP contribution >= 0.6 is 23.4 Å². The van der Waals surface area contributed by atoms with Crippen LogP contribution in [0, 0.1) is 0 Å². The molecule has 0 unspecified atom stereocenters. The molecule has 1 nitrogen and oxygen atoms in total. The molecule has 0 heterocycles. The van der Waals surface area contributed by atoms with E-state index < -0.39 is 0 Å². The molecule has 0 aliphatic rings. The van der Waals surface area contributed by atoms with Gasteiger partial charge in [-0.25, -0.2) is 0 Å². The molecule has 0 saturated heterocycles. The summed E-state index contributed by atoms with van der Waals surface area (Å²) in [7, 11) is 0. The molecule has 0 atom stereocenters. The maximum atomic E-state index is 0.